The summed E-state index contributed by atoms with van der Waals surface area (Å²) in [5.41, 5.74) is 0.723. The number of para-hydroxylation sites is 1. The summed E-state index contributed by atoms with van der Waals surface area (Å²) in [6.45, 7) is 1.72. The summed E-state index contributed by atoms with van der Waals surface area (Å²) in [6.07, 6.45) is 3.29. The van der Waals surface area contributed by atoms with Gasteiger partial charge in [0.25, 0.3) is 5.91 Å². The van der Waals surface area contributed by atoms with E-state index in [4.69, 9.17) is 0 Å². The molecule has 0 bridgehead atoms. The molecular weight excluding hydrogens is 343 g/mol. The van der Waals surface area contributed by atoms with Gasteiger partial charge in [0.1, 0.15) is 5.82 Å². The zero-order valence-electron chi connectivity index (χ0n) is 15.2. The summed E-state index contributed by atoms with van der Waals surface area (Å²) < 4.78 is 13.5. The van der Waals surface area contributed by atoms with Gasteiger partial charge in [-0.3, -0.25) is 9.59 Å². The van der Waals surface area contributed by atoms with E-state index in [1.165, 1.54) is 12.1 Å². The van der Waals surface area contributed by atoms with Crippen LogP contribution in [0.3, 0.4) is 0 Å². The first-order valence-corrected chi connectivity index (χ1v) is 9.51. The number of hydrogen-bond donors (Lipinski definition) is 0. The molecule has 2 fully saturated rings. The van der Waals surface area contributed by atoms with E-state index in [0.717, 1.165) is 31.4 Å². The van der Waals surface area contributed by atoms with Crippen LogP contribution in [-0.4, -0.2) is 36.3 Å². The third-order valence-corrected chi connectivity index (χ3v) is 5.74. The van der Waals surface area contributed by atoms with E-state index in [9.17, 15) is 14.0 Å². The second-order valence-corrected chi connectivity index (χ2v) is 7.52. The standard InChI is InChI=1S/C22H23FN2O2/c23-18-8-4-7-17(15-18)20(26)24-13-5-11-22(16-24)12-6-14-25(21(22)27)19-9-2-1-3-10-19/h1-4,7-10,15H,5-6,11-14,16H2. The van der Waals surface area contributed by atoms with Crippen molar-refractivity contribution < 1.29 is 14.0 Å². The number of rotatable bonds is 2. The maximum Gasteiger partial charge on any atom is 0.253 e. The number of anilines is 1. The van der Waals surface area contributed by atoms with Crippen LogP contribution in [0, 0.1) is 11.2 Å². The summed E-state index contributed by atoms with van der Waals surface area (Å²) in [5, 5.41) is 0. The fourth-order valence-electron chi connectivity index (χ4n) is 4.41. The molecular formula is C22H23FN2O2. The second kappa shape index (κ2) is 7.14. The minimum atomic E-state index is -0.532. The van der Waals surface area contributed by atoms with Crippen molar-refractivity contribution in [1.82, 2.24) is 4.90 Å². The minimum Gasteiger partial charge on any atom is -0.338 e. The lowest BCUT2D eigenvalue weighted by atomic mass is 9.72. The topological polar surface area (TPSA) is 40.6 Å². The molecule has 0 aromatic heterocycles. The molecule has 1 atom stereocenters. The number of hydrogen-bond acceptors (Lipinski definition) is 2. The molecule has 0 saturated carbocycles. The highest BCUT2D eigenvalue weighted by atomic mass is 19.1. The average molecular weight is 366 g/mol. The lowest BCUT2D eigenvalue weighted by Crippen LogP contribution is -2.57. The van der Waals surface area contributed by atoms with Crippen LogP contribution in [0.15, 0.2) is 54.6 Å². The Morgan fingerprint density at radius 2 is 1.70 bits per heavy atom. The van der Waals surface area contributed by atoms with Crippen LogP contribution in [0.1, 0.15) is 36.0 Å². The highest BCUT2D eigenvalue weighted by molar-refractivity contribution is 6.00. The lowest BCUT2D eigenvalue weighted by Gasteiger charge is -2.47. The number of piperidine rings is 2. The van der Waals surface area contributed by atoms with Gasteiger partial charge in [0.05, 0.1) is 5.41 Å². The van der Waals surface area contributed by atoms with Crippen LogP contribution in [-0.2, 0) is 4.79 Å². The fraction of sp³-hybridized carbons (Fsp3) is 0.364. The minimum absolute atomic E-state index is 0.108. The van der Waals surface area contributed by atoms with E-state index >= 15 is 0 Å². The Kier molecular flexibility index (Phi) is 4.68. The average Bonchev–Trinajstić information content (AvgIpc) is 2.70. The van der Waals surface area contributed by atoms with Crippen LogP contribution in [0.2, 0.25) is 0 Å². The zero-order chi connectivity index (χ0) is 18.9. The van der Waals surface area contributed by atoms with Crippen molar-refractivity contribution in [3.63, 3.8) is 0 Å². The van der Waals surface area contributed by atoms with Crippen molar-refractivity contribution in [3.05, 3.63) is 66.0 Å². The van der Waals surface area contributed by atoms with Gasteiger partial charge in [0.15, 0.2) is 0 Å². The molecule has 2 heterocycles. The quantitative estimate of drug-likeness (QED) is 0.809. The largest absolute Gasteiger partial charge is 0.338 e. The van der Waals surface area contributed by atoms with Crippen LogP contribution in [0.25, 0.3) is 0 Å². The van der Waals surface area contributed by atoms with Gasteiger partial charge < -0.3 is 9.80 Å². The van der Waals surface area contributed by atoms with Gasteiger partial charge in [-0.2, -0.15) is 0 Å². The Bertz CT molecular complexity index is 850. The third kappa shape index (κ3) is 3.34. The first-order valence-electron chi connectivity index (χ1n) is 9.51. The molecule has 0 radical (unpaired) electrons. The summed E-state index contributed by atoms with van der Waals surface area (Å²) in [5.74, 6) is -0.508. The van der Waals surface area contributed by atoms with E-state index in [2.05, 4.69) is 0 Å². The molecule has 4 rings (SSSR count). The molecule has 1 spiro atoms. The SMILES string of the molecule is O=C(c1cccc(F)c1)N1CCCC2(CCCN(c3ccccc3)C2=O)C1. The van der Waals surface area contributed by atoms with Gasteiger partial charge >= 0.3 is 0 Å². The van der Waals surface area contributed by atoms with Crippen LogP contribution in [0.4, 0.5) is 10.1 Å². The van der Waals surface area contributed by atoms with Gasteiger partial charge in [0.2, 0.25) is 5.91 Å². The van der Waals surface area contributed by atoms with E-state index in [1.807, 2.05) is 35.2 Å². The maximum absolute atomic E-state index is 13.5. The second-order valence-electron chi connectivity index (χ2n) is 7.52. The summed E-state index contributed by atoms with van der Waals surface area (Å²) in [7, 11) is 0. The van der Waals surface area contributed by atoms with Crippen molar-refractivity contribution in [2.24, 2.45) is 5.41 Å². The van der Waals surface area contributed by atoms with Gasteiger partial charge in [-0.25, -0.2) is 4.39 Å². The van der Waals surface area contributed by atoms with Crippen molar-refractivity contribution in [2.45, 2.75) is 25.7 Å². The number of carbonyl (C=O) groups is 2. The number of benzene rings is 2. The molecule has 140 valence electrons. The number of likely N-dealkylation sites (tertiary alicyclic amines) is 1. The first kappa shape index (κ1) is 17.7. The molecule has 5 heteroatoms. The number of halogens is 1. The van der Waals surface area contributed by atoms with E-state index in [0.29, 0.717) is 25.2 Å². The molecule has 0 aliphatic carbocycles. The molecule has 2 aromatic carbocycles. The molecule has 2 saturated heterocycles. The molecule has 0 N–H and O–H groups in total. The first-order chi connectivity index (χ1) is 13.1. The van der Waals surface area contributed by atoms with Crippen LogP contribution >= 0.6 is 0 Å². The highest BCUT2D eigenvalue weighted by Gasteiger charge is 2.47. The summed E-state index contributed by atoms with van der Waals surface area (Å²) in [4.78, 5) is 29.8. The highest BCUT2D eigenvalue weighted by Crippen LogP contribution is 2.41. The Labute approximate surface area is 158 Å². The fourth-order valence-corrected chi connectivity index (χ4v) is 4.41. The Balaban J connectivity index is 1.57. The number of amides is 2. The van der Waals surface area contributed by atoms with Crippen LogP contribution < -0.4 is 4.90 Å². The molecule has 1 unspecified atom stereocenters. The molecule has 2 amide bonds. The smallest absolute Gasteiger partial charge is 0.253 e. The Morgan fingerprint density at radius 3 is 2.44 bits per heavy atom. The predicted molar refractivity (Wildman–Crippen MR) is 102 cm³/mol. The van der Waals surface area contributed by atoms with Gasteiger partial charge in [0, 0.05) is 30.9 Å². The zero-order valence-corrected chi connectivity index (χ0v) is 15.2. The Hall–Kier alpha value is -2.69. The third-order valence-electron chi connectivity index (χ3n) is 5.74. The van der Waals surface area contributed by atoms with E-state index < -0.39 is 11.2 Å². The Morgan fingerprint density at radius 1 is 0.963 bits per heavy atom. The van der Waals surface area contributed by atoms with Crippen molar-refractivity contribution >= 4 is 17.5 Å². The van der Waals surface area contributed by atoms with Gasteiger partial charge in [-0.05, 0) is 56.0 Å². The van der Waals surface area contributed by atoms with Crippen molar-refractivity contribution in [1.29, 1.82) is 0 Å². The van der Waals surface area contributed by atoms with Crippen molar-refractivity contribution in [2.75, 3.05) is 24.5 Å². The molecule has 2 aliphatic rings. The van der Waals surface area contributed by atoms with E-state index in [-0.39, 0.29) is 11.8 Å². The summed E-state index contributed by atoms with van der Waals surface area (Å²) >= 11 is 0. The predicted octanol–water partition coefficient (Wildman–Crippen LogP) is 3.88. The maximum atomic E-state index is 13.5. The molecule has 27 heavy (non-hydrogen) atoms. The molecule has 2 aliphatic heterocycles. The molecule has 4 nitrogen and oxygen atoms in total. The summed E-state index contributed by atoms with van der Waals surface area (Å²) in [6, 6.07) is 15.5. The van der Waals surface area contributed by atoms with Gasteiger partial charge in [-0.15, -0.1) is 0 Å². The van der Waals surface area contributed by atoms with E-state index in [1.54, 1.807) is 17.0 Å². The number of nitrogens with zero attached hydrogens (tertiary/aromatic N) is 2. The van der Waals surface area contributed by atoms with Gasteiger partial charge in [-0.1, -0.05) is 24.3 Å². The van der Waals surface area contributed by atoms with Crippen molar-refractivity contribution in [3.8, 4) is 0 Å². The monoisotopic (exact) mass is 366 g/mol. The lowest BCUT2D eigenvalue weighted by molar-refractivity contribution is -0.133. The normalized spacial score (nSPS) is 22.9. The number of carbonyl (C=O) groups excluding carboxylic acids is 2. The van der Waals surface area contributed by atoms with Crippen LogP contribution in [0.5, 0.6) is 0 Å². The molecule has 2 aromatic rings.